The molecule has 2 fully saturated rings. The number of carbonyl (C=O) groups is 3. The van der Waals surface area contributed by atoms with Crippen molar-refractivity contribution in [3.05, 3.63) is 12.2 Å². The highest BCUT2D eigenvalue weighted by atomic mass is 16.5. The summed E-state index contributed by atoms with van der Waals surface area (Å²) in [6, 6.07) is 0. The summed E-state index contributed by atoms with van der Waals surface area (Å²) >= 11 is 0. The second-order valence-electron chi connectivity index (χ2n) is 6.79. The number of ketones is 2. The number of ether oxygens (including phenoxy) is 1. The molecule has 2 aliphatic rings. The fourth-order valence-corrected chi connectivity index (χ4v) is 4.09. The van der Waals surface area contributed by atoms with Gasteiger partial charge < -0.3 is 9.64 Å². The van der Waals surface area contributed by atoms with Crippen molar-refractivity contribution in [2.24, 2.45) is 10.8 Å². The van der Waals surface area contributed by atoms with Crippen LogP contribution in [0.1, 0.15) is 46.5 Å². The van der Waals surface area contributed by atoms with Crippen molar-refractivity contribution in [1.82, 2.24) is 4.90 Å². The number of piperidine rings is 1. The average Bonchev–Trinajstić information content (AvgIpc) is 2.48. The predicted octanol–water partition coefficient (Wildman–Crippen LogP) is 2.15. The van der Waals surface area contributed by atoms with E-state index in [1.807, 2.05) is 6.92 Å². The number of hydrogen-bond acceptors (Lipinski definition) is 5. The first kappa shape index (κ1) is 17.9. The Hall–Kier alpha value is -1.49. The number of carbonyl (C=O) groups excluding carboxylic acids is 3. The molecule has 0 aromatic carbocycles. The average molecular weight is 321 g/mol. The van der Waals surface area contributed by atoms with Gasteiger partial charge in [0.15, 0.2) is 11.6 Å². The van der Waals surface area contributed by atoms with Crippen molar-refractivity contribution in [2.75, 3.05) is 26.2 Å². The summed E-state index contributed by atoms with van der Waals surface area (Å²) < 4.78 is 5.25. The van der Waals surface area contributed by atoms with Crippen molar-refractivity contribution in [1.29, 1.82) is 0 Å². The number of fused-ring (bicyclic) bond motifs is 2. The quantitative estimate of drug-likeness (QED) is 0.426. The number of Topliss-reactive ketones (excluding diaryl/α,β-unsaturated/α-hetero) is 1. The van der Waals surface area contributed by atoms with Crippen LogP contribution in [0, 0.1) is 10.8 Å². The van der Waals surface area contributed by atoms with Crippen molar-refractivity contribution >= 4 is 17.5 Å². The van der Waals surface area contributed by atoms with E-state index in [-0.39, 0.29) is 24.1 Å². The third-order valence-corrected chi connectivity index (χ3v) is 5.17. The number of hydrogen-bond donors (Lipinski definition) is 0. The van der Waals surface area contributed by atoms with Gasteiger partial charge in [-0.3, -0.25) is 14.4 Å². The molecule has 0 unspecified atom stereocenters. The van der Waals surface area contributed by atoms with Gasteiger partial charge in [0.2, 0.25) is 0 Å². The molecule has 1 heterocycles. The highest BCUT2D eigenvalue weighted by Crippen LogP contribution is 2.50. The number of rotatable bonds is 6. The monoisotopic (exact) mass is 321 g/mol. The Kier molecular flexibility index (Phi) is 5.40. The Labute approximate surface area is 138 Å². The van der Waals surface area contributed by atoms with Gasteiger partial charge in [0.05, 0.1) is 6.61 Å². The van der Waals surface area contributed by atoms with Crippen LogP contribution in [0.15, 0.2) is 12.2 Å². The number of nitrogens with zero attached hydrogens (tertiary/aromatic N) is 1. The maximum atomic E-state index is 13.3. The van der Waals surface area contributed by atoms with Gasteiger partial charge in [0.25, 0.3) is 0 Å². The number of allylic oxidation sites excluding steroid dienone is 2. The van der Waals surface area contributed by atoms with E-state index in [9.17, 15) is 14.4 Å². The highest BCUT2D eigenvalue weighted by Gasteiger charge is 2.61. The molecule has 1 aliphatic heterocycles. The SMILES string of the molecule is CCOC(=O)[C@]12CCC[C@](C/C=C/C(C)=O)(CN(CC)C1)C2=O. The lowest BCUT2D eigenvalue weighted by Crippen LogP contribution is -2.65. The molecule has 0 amide bonds. The van der Waals surface area contributed by atoms with Crippen molar-refractivity contribution in [2.45, 2.75) is 46.5 Å². The van der Waals surface area contributed by atoms with Gasteiger partial charge >= 0.3 is 5.97 Å². The molecule has 2 bridgehead atoms. The minimum Gasteiger partial charge on any atom is -0.465 e. The molecule has 0 spiro atoms. The minimum absolute atomic E-state index is 0.0209. The molecule has 0 aromatic heterocycles. The lowest BCUT2D eigenvalue weighted by molar-refractivity contribution is -0.176. The van der Waals surface area contributed by atoms with Crippen LogP contribution >= 0.6 is 0 Å². The Morgan fingerprint density at radius 3 is 2.61 bits per heavy atom. The molecular weight excluding hydrogens is 294 g/mol. The van der Waals surface area contributed by atoms with Gasteiger partial charge in [0, 0.05) is 18.5 Å². The van der Waals surface area contributed by atoms with E-state index in [0.717, 1.165) is 19.4 Å². The summed E-state index contributed by atoms with van der Waals surface area (Å²) in [5, 5.41) is 0. The van der Waals surface area contributed by atoms with Gasteiger partial charge in [-0.05, 0) is 45.7 Å². The largest absolute Gasteiger partial charge is 0.465 e. The van der Waals surface area contributed by atoms with Crippen molar-refractivity contribution < 1.29 is 19.1 Å². The van der Waals surface area contributed by atoms with Crippen molar-refractivity contribution in [3.8, 4) is 0 Å². The van der Waals surface area contributed by atoms with Crippen LogP contribution in [0.4, 0.5) is 0 Å². The zero-order chi connectivity index (χ0) is 17.1. The molecule has 1 aliphatic carbocycles. The van der Waals surface area contributed by atoms with Gasteiger partial charge in [0.1, 0.15) is 5.41 Å². The maximum absolute atomic E-state index is 13.3. The molecule has 23 heavy (non-hydrogen) atoms. The second kappa shape index (κ2) is 6.95. The van der Waals surface area contributed by atoms with E-state index in [0.29, 0.717) is 25.9 Å². The van der Waals surface area contributed by atoms with Gasteiger partial charge in [-0.25, -0.2) is 0 Å². The summed E-state index contributed by atoms with van der Waals surface area (Å²) in [6.07, 6.45) is 6.01. The summed E-state index contributed by atoms with van der Waals surface area (Å²) in [7, 11) is 0. The molecule has 1 saturated heterocycles. The molecular formula is C18H27NO4. The lowest BCUT2D eigenvalue weighted by Gasteiger charge is -2.52. The van der Waals surface area contributed by atoms with Gasteiger partial charge in [-0.1, -0.05) is 19.4 Å². The van der Waals surface area contributed by atoms with E-state index in [4.69, 9.17) is 4.74 Å². The minimum atomic E-state index is -1.02. The molecule has 5 nitrogen and oxygen atoms in total. The zero-order valence-electron chi connectivity index (χ0n) is 14.4. The molecule has 1 saturated carbocycles. The fraction of sp³-hybridized carbons (Fsp3) is 0.722. The van der Waals surface area contributed by atoms with Crippen LogP contribution in [0.3, 0.4) is 0 Å². The standard InChI is InChI=1S/C18H27NO4/c1-4-19-12-17(9-6-8-14(3)20)10-7-11-18(13-19,15(17)21)16(22)23-5-2/h6,8H,4-5,7,9-13H2,1-3H3/b8-6+/t17-,18-/m1/s1. The molecule has 128 valence electrons. The molecule has 0 aromatic rings. The van der Waals surface area contributed by atoms with Crippen LogP contribution in [0.5, 0.6) is 0 Å². The van der Waals surface area contributed by atoms with E-state index in [1.165, 1.54) is 13.0 Å². The summed E-state index contributed by atoms with van der Waals surface area (Å²) in [5.74, 6) is -0.375. The topological polar surface area (TPSA) is 63.7 Å². The van der Waals surface area contributed by atoms with E-state index < -0.39 is 10.8 Å². The van der Waals surface area contributed by atoms with Gasteiger partial charge in [-0.15, -0.1) is 0 Å². The summed E-state index contributed by atoms with van der Waals surface area (Å²) in [6.45, 7) is 7.52. The first-order valence-electron chi connectivity index (χ1n) is 8.52. The third-order valence-electron chi connectivity index (χ3n) is 5.17. The number of likely N-dealkylation sites (tertiary alicyclic amines) is 1. The van der Waals surface area contributed by atoms with E-state index in [1.54, 1.807) is 13.0 Å². The Morgan fingerprint density at radius 1 is 1.26 bits per heavy atom. The fourth-order valence-electron chi connectivity index (χ4n) is 4.09. The van der Waals surface area contributed by atoms with Crippen LogP contribution in [0.2, 0.25) is 0 Å². The Morgan fingerprint density at radius 2 is 2.00 bits per heavy atom. The second-order valence-corrected chi connectivity index (χ2v) is 6.79. The van der Waals surface area contributed by atoms with Crippen molar-refractivity contribution in [3.63, 3.8) is 0 Å². The van der Waals surface area contributed by atoms with E-state index >= 15 is 0 Å². The smallest absolute Gasteiger partial charge is 0.320 e. The maximum Gasteiger partial charge on any atom is 0.320 e. The normalized spacial score (nSPS) is 31.3. The summed E-state index contributed by atoms with van der Waals surface area (Å²) in [5.41, 5.74) is -1.59. The lowest BCUT2D eigenvalue weighted by atomic mass is 9.56. The molecule has 2 atom stereocenters. The third kappa shape index (κ3) is 3.25. The zero-order valence-corrected chi connectivity index (χ0v) is 14.4. The highest BCUT2D eigenvalue weighted by molar-refractivity contribution is 6.08. The van der Waals surface area contributed by atoms with Crippen LogP contribution in [0.25, 0.3) is 0 Å². The summed E-state index contributed by atoms with van der Waals surface area (Å²) in [4.78, 5) is 39.2. The first-order valence-corrected chi connectivity index (χ1v) is 8.52. The predicted molar refractivity (Wildman–Crippen MR) is 86.9 cm³/mol. The molecule has 2 rings (SSSR count). The first-order chi connectivity index (χ1) is 10.9. The van der Waals surface area contributed by atoms with E-state index in [2.05, 4.69) is 4.90 Å². The van der Waals surface area contributed by atoms with Crippen LogP contribution in [-0.4, -0.2) is 48.7 Å². The Bertz CT molecular complexity index is 527. The molecule has 0 N–H and O–H groups in total. The molecule has 5 heteroatoms. The van der Waals surface area contributed by atoms with Gasteiger partial charge in [-0.2, -0.15) is 0 Å². The van der Waals surface area contributed by atoms with Crippen LogP contribution in [-0.2, 0) is 19.1 Å². The number of esters is 1. The van der Waals surface area contributed by atoms with Crippen LogP contribution < -0.4 is 0 Å². The molecule has 0 radical (unpaired) electrons. The Balaban J connectivity index is 2.35.